The number of likely N-dealkylation sites (tertiary alicyclic amines) is 2. The van der Waals surface area contributed by atoms with Crippen molar-refractivity contribution in [1.29, 1.82) is 0 Å². The Kier molecular flexibility index (Phi) is 12.5. The van der Waals surface area contributed by atoms with Gasteiger partial charge in [-0.1, -0.05) is 71.0 Å². The van der Waals surface area contributed by atoms with Gasteiger partial charge in [-0.25, -0.2) is 9.67 Å². The predicted molar refractivity (Wildman–Crippen MR) is 221 cm³/mol. The van der Waals surface area contributed by atoms with E-state index in [9.17, 15) is 14.7 Å². The van der Waals surface area contributed by atoms with E-state index in [1.165, 1.54) is 0 Å². The zero-order chi connectivity index (χ0) is 39.8. The van der Waals surface area contributed by atoms with Crippen molar-refractivity contribution >= 4 is 31.5 Å². The lowest BCUT2D eigenvalue weighted by molar-refractivity contribution is -0.144. The van der Waals surface area contributed by atoms with Gasteiger partial charge in [0.05, 0.1) is 27.9 Å². The molecule has 3 aliphatic rings. The monoisotopic (exact) mass is 791 g/mol. The van der Waals surface area contributed by atoms with Gasteiger partial charge in [-0.2, -0.15) is 0 Å². The van der Waals surface area contributed by atoms with E-state index >= 15 is 0 Å². The van der Waals surface area contributed by atoms with E-state index in [0.717, 1.165) is 85.6 Å². The smallest absolute Gasteiger partial charge is 0.248 e. The number of aromatic nitrogens is 4. The van der Waals surface area contributed by atoms with Crippen molar-refractivity contribution in [2.45, 2.75) is 136 Å². The van der Waals surface area contributed by atoms with Gasteiger partial charge in [0.25, 0.3) is 0 Å². The highest BCUT2D eigenvalue weighted by atomic mass is 32.1. The van der Waals surface area contributed by atoms with Crippen LogP contribution in [0.15, 0.2) is 36.0 Å². The number of amides is 2. The third-order valence-electron chi connectivity index (χ3n) is 12.8. The molecule has 2 saturated heterocycles. The zero-order valence-corrected chi connectivity index (χ0v) is 36.5. The number of carbonyl (C=O) groups is 2. The van der Waals surface area contributed by atoms with Gasteiger partial charge in [0.2, 0.25) is 11.8 Å². The van der Waals surface area contributed by atoms with E-state index in [2.05, 4.69) is 92.3 Å². The van der Waals surface area contributed by atoms with E-state index in [1.54, 1.807) is 20.9 Å². The molecule has 2 aliphatic heterocycles. The Morgan fingerprint density at radius 2 is 1.78 bits per heavy atom. The van der Waals surface area contributed by atoms with Crippen LogP contribution >= 0.6 is 11.3 Å². The molecule has 2 aromatic heterocycles. The molecule has 4 heterocycles. The topological polar surface area (TPSA) is 126 Å². The van der Waals surface area contributed by atoms with Crippen LogP contribution in [0.2, 0.25) is 18.1 Å². The first-order valence-corrected chi connectivity index (χ1v) is 24.2. The first-order chi connectivity index (χ1) is 25.9. The second-order valence-electron chi connectivity index (χ2n) is 19.3. The number of piperidine rings is 1. The molecule has 1 aromatic carbocycles. The fourth-order valence-electron chi connectivity index (χ4n) is 8.02. The lowest BCUT2D eigenvalue weighted by Gasteiger charge is -2.38. The molecule has 0 radical (unpaired) electrons. The molecule has 55 heavy (non-hydrogen) atoms. The van der Waals surface area contributed by atoms with E-state index < -0.39 is 25.8 Å². The lowest BCUT2D eigenvalue weighted by Crippen LogP contribution is -2.50. The maximum atomic E-state index is 14.8. The largest absolute Gasteiger partial charge is 0.412 e. The van der Waals surface area contributed by atoms with Crippen LogP contribution in [0.4, 0.5) is 0 Å². The molecular weight excluding hydrogens is 727 g/mol. The Hall–Kier alpha value is -2.97. The van der Waals surface area contributed by atoms with Crippen LogP contribution in [0.1, 0.15) is 103 Å². The second kappa shape index (κ2) is 16.5. The number of nitrogens with one attached hydrogen (secondary N) is 1. The van der Waals surface area contributed by atoms with Crippen molar-refractivity contribution in [3.05, 3.63) is 52.9 Å². The summed E-state index contributed by atoms with van der Waals surface area (Å²) >= 11 is 1.62. The molecule has 6 rings (SSSR count). The fourth-order valence-corrected chi connectivity index (χ4v) is 10.2. The third kappa shape index (κ3) is 9.95. The number of thiazole rings is 1. The molecule has 2 amide bonds. The summed E-state index contributed by atoms with van der Waals surface area (Å²) in [6.45, 7) is 23.5. The van der Waals surface area contributed by atoms with Crippen molar-refractivity contribution in [1.82, 2.24) is 35.1 Å². The number of nitrogens with zero attached hydrogens (tertiary/aromatic N) is 6. The summed E-state index contributed by atoms with van der Waals surface area (Å²) in [5, 5.41) is 22.0. The molecule has 1 saturated carbocycles. The molecule has 0 bridgehead atoms. The Bertz CT molecular complexity index is 1770. The lowest BCUT2D eigenvalue weighted by atomic mass is 9.85. The van der Waals surface area contributed by atoms with E-state index in [1.807, 2.05) is 30.8 Å². The summed E-state index contributed by atoms with van der Waals surface area (Å²) in [5.41, 5.74) is 5.55. The Balaban J connectivity index is 1.13. The van der Waals surface area contributed by atoms with Gasteiger partial charge in [0.15, 0.2) is 8.32 Å². The van der Waals surface area contributed by atoms with Crippen LogP contribution in [-0.4, -0.2) is 99.9 Å². The van der Waals surface area contributed by atoms with Crippen LogP contribution in [-0.2, 0) is 27.0 Å². The summed E-state index contributed by atoms with van der Waals surface area (Å²) in [7, 11) is -2.18. The van der Waals surface area contributed by atoms with Crippen molar-refractivity contribution in [3.63, 3.8) is 0 Å². The number of hydrogen-bond acceptors (Lipinski definition) is 9. The Morgan fingerprint density at radius 3 is 2.36 bits per heavy atom. The van der Waals surface area contributed by atoms with Crippen LogP contribution in [0.25, 0.3) is 10.4 Å². The Labute approximate surface area is 333 Å². The maximum Gasteiger partial charge on any atom is 0.248 e. The highest BCUT2D eigenvalue weighted by molar-refractivity contribution is 7.13. The molecule has 13 heteroatoms. The van der Waals surface area contributed by atoms with Crippen LogP contribution in [0.5, 0.6) is 0 Å². The van der Waals surface area contributed by atoms with Gasteiger partial charge in [0.1, 0.15) is 12.1 Å². The normalized spacial score (nSPS) is 21.5. The van der Waals surface area contributed by atoms with Gasteiger partial charge < -0.3 is 24.6 Å². The SMILES string of the molecule is Cc1ncsc1-c1ccc(CNC(=O)[C@@H]2C[C@@H](O[Si](C)(C)C(C)(C)C)CN2C(=O)[C@@H](n2cc(CCC3CCN(CC4(CO)CC4)CC3)nn2)C(C)(C)C)cc1. The molecule has 0 unspecified atom stereocenters. The van der Waals surface area contributed by atoms with Crippen LogP contribution in [0.3, 0.4) is 0 Å². The summed E-state index contributed by atoms with van der Waals surface area (Å²) in [5.74, 6) is 0.338. The summed E-state index contributed by atoms with van der Waals surface area (Å²) in [6, 6.07) is 6.93. The quantitative estimate of drug-likeness (QED) is 0.167. The molecule has 3 atom stereocenters. The van der Waals surface area contributed by atoms with E-state index in [-0.39, 0.29) is 28.4 Å². The van der Waals surface area contributed by atoms with Gasteiger partial charge >= 0.3 is 0 Å². The average Bonchev–Trinajstić information content (AvgIpc) is 3.40. The van der Waals surface area contributed by atoms with Crippen molar-refractivity contribution in [3.8, 4) is 10.4 Å². The molecular formula is C42H65N7O4SSi. The second-order valence-corrected chi connectivity index (χ2v) is 24.9. The highest BCUT2D eigenvalue weighted by Gasteiger charge is 2.49. The highest BCUT2D eigenvalue weighted by Crippen LogP contribution is 2.46. The molecule has 302 valence electrons. The summed E-state index contributed by atoms with van der Waals surface area (Å²) in [4.78, 5) is 38.7. The van der Waals surface area contributed by atoms with Crippen molar-refractivity contribution in [2.75, 3.05) is 32.8 Å². The van der Waals surface area contributed by atoms with Crippen molar-refractivity contribution < 1.29 is 19.1 Å². The van der Waals surface area contributed by atoms with Gasteiger partial charge in [-0.05, 0) is 99.1 Å². The maximum absolute atomic E-state index is 14.8. The third-order valence-corrected chi connectivity index (χ3v) is 18.3. The average molecular weight is 792 g/mol. The first-order valence-electron chi connectivity index (χ1n) is 20.4. The van der Waals surface area contributed by atoms with Crippen LogP contribution < -0.4 is 5.32 Å². The zero-order valence-electron chi connectivity index (χ0n) is 34.7. The van der Waals surface area contributed by atoms with Crippen molar-refractivity contribution in [2.24, 2.45) is 16.7 Å². The molecule has 0 spiro atoms. The minimum atomic E-state index is -2.18. The first kappa shape index (κ1) is 41.7. The number of hydrogen-bond donors (Lipinski definition) is 2. The van der Waals surface area contributed by atoms with Gasteiger partial charge in [0, 0.05) is 44.3 Å². The number of benzene rings is 1. The molecule has 11 nitrogen and oxygen atoms in total. The number of aliphatic hydroxyl groups excluding tert-OH is 1. The van der Waals surface area contributed by atoms with Crippen LogP contribution in [0, 0.1) is 23.7 Å². The number of rotatable bonds is 14. The number of aryl methyl sites for hydroxylation is 2. The number of aliphatic hydroxyl groups is 1. The molecule has 3 fully saturated rings. The summed E-state index contributed by atoms with van der Waals surface area (Å²) < 4.78 is 8.60. The fraction of sp³-hybridized carbons (Fsp3) is 0.690. The Morgan fingerprint density at radius 1 is 1.09 bits per heavy atom. The minimum absolute atomic E-state index is 0.00645. The van der Waals surface area contributed by atoms with E-state index in [0.29, 0.717) is 32.0 Å². The standard InChI is InChI=1S/C42H65N7O4SSi/c1-29-36(54-28-44-29)32-13-10-31(11-14-32)23-43-38(51)35-22-34(53-55(8,9)41(5,6)7)25-48(35)39(52)37(40(2,3)4)49-24-33(45-46-49)15-12-30-16-20-47(21-17-30)26-42(27-50)18-19-42/h10-11,13-14,24,28,30,34-35,37,50H,12,15-23,25-27H2,1-9H3,(H,43,51)/t34-,35+,37-/m1/s1. The molecule has 3 aromatic rings. The van der Waals surface area contributed by atoms with Gasteiger partial charge in [-0.3, -0.25) is 9.59 Å². The minimum Gasteiger partial charge on any atom is -0.412 e. The van der Waals surface area contributed by atoms with Gasteiger partial charge in [-0.15, -0.1) is 16.4 Å². The number of carbonyl (C=O) groups excluding carboxylic acids is 2. The molecule has 1 aliphatic carbocycles. The predicted octanol–water partition coefficient (Wildman–Crippen LogP) is 7.02. The summed E-state index contributed by atoms with van der Waals surface area (Å²) in [6.07, 6.45) is 8.65. The van der Waals surface area contributed by atoms with E-state index in [4.69, 9.17) is 4.43 Å². The molecule has 2 N–H and O–H groups in total.